The van der Waals surface area contributed by atoms with E-state index in [9.17, 15) is 9.90 Å². The molecule has 0 aliphatic carbocycles. The van der Waals surface area contributed by atoms with Crippen molar-refractivity contribution >= 4 is 21.8 Å². The Kier molecular flexibility index (Phi) is 3.92. The van der Waals surface area contributed by atoms with Crippen molar-refractivity contribution in [2.24, 2.45) is 0 Å². The van der Waals surface area contributed by atoms with E-state index in [1.54, 1.807) is 23.1 Å². The first-order chi connectivity index (χ1) is 8.49. The number of carbonyl (C=O) groups excluding carboxylic acids is 1. The summed E-state index contributed by atoms with van der Waals surface area (Å²) >= 11 is 3.27. The molecule has 1 aliphatic heterocycles. The summed E-state index contributed by atoms with van der Waals surface area (Å²) in [7, 11) is 4.05. The van der Waals surface area contributed by atoms with Crippen molar-refractivity contribution in [2.45, 2.75) is 12.5 Å². The first kappa shape index (κ1) is 13.4. The van der Waals surface area contributed by atoms with Crippen LogP contribution in [0, 0.1) is 0 Å². The van der Waals surface area contributed by atoms with Crippen molar-refractivity contribution in [1.29, 1.82) is 0 Å². The molecule has 1 heterocycles. The number of hydrogen-bond donors (Lipinski definition) is 1. The third-order valence-corrected chi connectivity index (χ3v) is 3.86. The highest BCUT2D eigenvalue weighted by molar-refractivity contribution is 9.10. The van der Waals surface area contributed by atoms with E-state index >= 15 is 0 Å². The molecule has 2 rings (SSSR count). The number of hydrogen-bond acceptors (Lipinski definition) is 3. The minimum absolute atomic E-state index is 0.0303. The van der Waals surface area contributed by atoms with Gasteiger partial charge in [0.25, 0.3) is 5.91 Å². The summed E-state index contributed by atoms with van der Waals surface area (Å²) in [5, 5.41) is 9.81. The molecule has 0 aromatic heterocycles. The van der Waals surface area contributed by atoms with Gasteiger partial charge in [-0.25, -0.2) is 0 Å². The number of nitrogens with zero attached hydrogens (tertiary/aromatic N) is 2. The molecule has 1 N–H and O–H groups in total. The molecule has 1 aromatic rings. The van der Waals surface area contributed by atoms with Crippen LogP contribution in [0.1, 0.15) is 16.8 Å². The highest BCUT2D eigenvalue weighted by atomic mass is 79.9. The standard InChI is InChI=1S/C13H17BrN2O2/c1-15(2)10-5-6-16(8-10)13(18)11-4-3-9(14)7-12(11)17/h3-4,7,10,17H,5-6,8H2,1-2H3. The first-order valence-corrected chi connectivity index (χ1v) is 6.72. The Morgan fingerprint density at radius 1 is 1.50 bits per heavy atom. The summed E-state index contributed by atoms with van der Waals surface area (Å²) in [5.41, 5.74) is 0.373. The molecule has 0 spiro atoms. The van der Waals surface area contributed by atoms with Crippen LogP contribution in [0.25, 0.3) is 0 Å². The van der Waals surface area contributed by atoms with Crippen LogP contribution in [0.2, 0.25) is 0 Å². The second kappa shape index (κ2) is 5.28. The van der Waals surface area contributed by atoms with E-state index in [1.165, 1.54) is 0 Å². The molecule has 0 saturated carbocycles. The Morgan fingerprint density at radius 3 is 2.78 bits per heavy atom. The second-order valence-corrected chi connectivity index (χ2v) is 5.73. The molecule has 1 fully saturated rings. The smallest absolute Gasteiger partial charge is 0.257 e. The number of rotatable bonds is 2. The zero-order chi connectivity index (χ0) is 13.3. The lowest BCUT2D eigenvalue weighted by molar-refractivity contribution is 0.0780. The Morgan fingerprint density at radius 2 is 2.22 bits per heavy atom. The van der Waals surface area contributed by atoms with Gasteiger partial charge in [-0.05, 0) is 38.7 Å². The molecule has 98 valence electrons. The van der Waals surface area contributed by atoms with Crippen LogP contribution in [0.3, 0.4) is 0 Å². The summed E-state index contributed by atoms with van der Waals surface area (Å²) in [4.78, 5) is 16.2. The van der Waals surface area contributed by atoms with E-state index in [1.807, 2.05) is 14.1 Å². The fourth-order valence-electron chi connectivity index (χ4n) is 2.20. The molecule has 4 nitrogen and oxygen atoms in total. The largest absolute Gasteiger partial charge is 0.507 e. The van der Waals surface area contributed by atoms with Gasteiger partial charge >= 0.3 is 0 Å². The lowest BCUT2D eigenvalue weighted by Gasteiger charge is -2.20. The summed E-state index contributed by atoms with van der Waals surface area (Å²) in [6, 6.07) is 5.38. The van der Waals surface area contributed by atoms with Crippen LogP contribution < -0.4 is 0 Å². The van der Waals surface area contributed by atoms with Crippen LogP contribution >= 0.6 is 15.9 Å². The van der Waals surface area contributed by atoms with Crippen LogP contribution in [0.4, 0.5) is 0 Å². The molecular formula is C13H17BrN2O2. The van der Waals surface area contributed by atoms with E-state index in [2.05, 4.69) is 20.8 Å². The number of likely N-dealkylation sites (N-methyl/N-ethyl adjacent to an activating group) is 1. The second-order valence-electron chi connectivity index (χ2n) is 4.82. The van der Waals surface area contributed by atoms with Crippen LogP contribution in [0.15, 0.2) is 22.7 Å². The number of phenols is 1. The van der Waals surface area contributed by atoms with E-state index in [0.29, 0.717) is 11.6 Å². The molecule has 1 aromatic carbocycles. The predicted octanol–water partition coefficient (Wildman–Crippen LogP) is 1.93. The van der Waals surface area contributed by atoms with Gasteiger partial charge in [0.05, 0.1) is 5.56 Å². The van der Waals surface area contributed by atoms with E-state index in [-0.39, 0.29) is 11.7 Å². The summed E-state index contributed by atoms with van der Waals surface area (Å²) in [5.74, 6) is -0.0629. The quantitative estimate of drug-likeness (QED) is 0.907. The topological polar surface area (TPSA) is 43.8 Å². The predicted molar refractivity (Wildman–Crippen MR) is 73.8 cm³/mol. The maximum Gasteiger partial charge on any atom is 0.257 e. The lowest BCUT2D eigenvalue weighted by Crippen LogP contribution is -2.34. The number of amides is 1. The zero-order valence-electron chi connectivity index (χ0n) is 10.6. The van der Waals surface area contributed by atoms with Crippen LogP contribution in [0.5, 0.6) is 5.75 Å². The maximum atomic E-state index is 12.3. The van der Waals surface area contributed by atoms with E-state index in [4.69, 9.17) is 0 Å². The van der Waals surface area contributed by atoms with Crippen LogP contribution in [-0.4, -0.2) is 54.0 Å². The molecular weight excluding hydrogens is 296 g/mol. The first-order valence-electron chi connectivity index (χ1n) is 5.93. The lowest BCUT2D eigenvalue weighted by atomic mass is 10.2. The Balaban J connectivity index is 2.13. The zero-order valence-corrected chi connectivity index (χ0v) is 12.1. The minimum atomic E-state index is -0.0932. The average Bonchev–Trinajstić information content (AvgIpc) is 2.77. The van der Waals surface area contributed by atoms with Gasteiger partial charge in [0, 0.05) is 23.6 Å². The van der Waals surface area contributed by atoms with Gasteiger partial charge in [-0.2, -0.15) is 0 Å². The third-order valence-electron chi connectivity index (χ3n) is 3.37. The molecule has 18 heavy (non-hydrogen) atoms. The van der Waals surface area contributed by atoms with Crippen molar-refractivity contribution in [3.05, 3.63) is 28.2 Å². The van der Waals surface area contributed by atoms with Gasteiger partial charge in [0.1, 0.15) is 5.75 Å². The fourth-order valence-corrected chi connectivity index (χ4v) is 2.55. The van der Waals surface area contributed by atoms with Crippen LogP contribution in [-0.2, 0) is 0 Å². The van der Waals surface area contributed by atoms with Gasteiger partial charge in [0.15, 0.2) is 0 Å². The Bertz CT molecular complexity index is 462. The summed E-state index contributed by atoms with van der Waals surface area (Å²) < 4.78 is 0.768. The number of carbonyl (C=O) groups is 1. The van der Waals surface area contributed by atoms with Crippen molar-refractivity contribution in [3.8, 4) is 5.75 Å². The van der Waals surface area contributed by atoms with Crippen molar-refractivity contribution in [1.82, 2.24) is 9.80 Å². The summed E-state index contributed by atoms with van der Waals surface area (Å²) in [6.45, 7) is 1.47. The maximum absolute atomic E-state index is 12.3. The molecule has 1 aliphatic rings. The molecule has 0 bridgehead atoms. The number of aromatic hydroxyl groups is 1. The SMILES string of the molecule is CN(C)C1CCN(C(=O)c2ccc(Br)cc2O)C1. The van der Waals surface area contributed by atoms with E-state index in [0.717, 1.165) is 24.0 Å². The van der Waals surface area contributed by atoms with Crippen molar-refractivity contribution in [3.63, 3.8) is 0 Å². The fraction of sp³-hybridized carbons (Fsp3) is 0.462. The molecule has 1 atom stereocenters. The molecule has 1 unspecified atom stereocenters. The minimum Gasteiger partial charge on any atom is -0.507 e. The van der Waals surface area contributed by atoms with Gasteiger partial charge < -0.3 is 14.9 Å². The highest BCUT2D eigenvalue weighted by Gasteiger charge is 2.29. The third kappa shape index (κ3) is 2.67. The molecule has 0 radical (unpaired) electrons. The monoisotopic (exact) mass is 312 g/mol. The molecule has 1 amide bonds. The Hall–Kier alpha value is -1.07. The normalized spacial score (nSPS) is 19.6. The van der Waals surface area contributed by atoms with Gasteiger partial charge in [-0.3, -0.25) is 4.79 Å². The van der Waals surface area contributed by atoms with E-state index < -0.39 is 0 Å². The Labute approximate surface area is 115 Å². The number of halogens is 1. The average molecular weight is 313 g/mol. The van der Waals surface area contributed by atoms with Gasteiger partial charge in [-0.15, -0.1) is 0 Å². The van der Waals surface area contributed by atoms with Crippen molar-refractivity contribution in [2.75, 3.05) is 27.2 Å². The summed E-state index contributed by atoms with van der Waals surface area (Å²) in [6.07, 6.45) is 0.982. The number of benzene rings is 1. The molecule has 1 saturated heterocycles. The highest BCUT2D eigenvalue weighted by Crippen LogP contribution is 2.25. The van der Waals surface area contributed by atoms with Crippen molar-refractivity contribution < 1.29 is 9.90 Å². The van der Waals surface area contributed by atoms with Gasteiger partial charge in [0.2, 0.25) is 0 Å². The number of phenolic OH excluding ortho intramolecular Hbond substituents is 1. The van der Waals surface area contributed by atoms with Gasteiger partial charge in [-0.1, -0.05) is 15.9 Å². The molecule has 5 heteroatoms. The number of likely N-dealkylation sites (tertiary alicyclic amines) is 1.